The number of hydrogen-bond donors (Lipinski definition) is 2. The van der Waals surface area contributed by atoms with Crippen LogP contribution in [0.4, 0.5) is 15.8 Å². The van der Waals surface area contributed by atoms with Crippen molar-refractivity contribution in [3.63, 3.8) is 0 Å². The van der Waals surface area contributed by atoms with Crippen molar-refractivity contribution >= 4 is 22.3 Å². The van der Waals surface area contributed by atoms with Crippen LogP contribution in [-0.2, 0) is 0 Å². The van der Waals surface area contributed by atoms with Gasteiger partial charge in [0, 0.05) is 55.0 Å². The standard InChI is InChI=1S/C24H30FN5/c1-29(2)13-3-10-27-24-17-23(28-22-9-6-19(25)16-21(22)24)18-4-7-20(8-5-18)30-14-11-26-12-15-30/h4-9,16-17,26H,3,10-15H2,1-2H3,(H,27,28). The van der Waals surface area contributed by atoms with Crippen molar-refractivity contribution in [2.45, 2.75) is 6.42 Å². The van der Waals surface area contributed by atoms with Crippen LogP contribution in [-0.4, -0.2) is 63.2 Å². The summed E-state index contributed by atoms with van der Waals surface area (Å²) in [5.41, 5.74) is 4.94. The third-order valence-corrected chi connectivity index (χ3v) is 5.51. The molecule has 158 valence electrons. The van der Waals surface area contributed by atoms with Gasteiger partial charge in [-0.15, -0.1) is 0 Å². The van der Waals surface area contributed by atoms with Crippen LogP contribution in [0.15, 0.2) is 48.5 Å². The normalized spacial score (nSPS) is 14.5. The fourth-order valence-corrected chi connectivity index (χ4v) is 3.88. The number of pyridine rings is 1. The maximum atomic E-state index is 13.9. The molecule has 0 saturated carbocycles. The van der Waals surface area contributed by atoms with Gasteiger partial charge in [0.2, 0.25) is 0 Å². The van der Waals surface area contributed by atoms with Crippen LogP contribution in [0.1, 0.15) is 6.42 Å². The SMILES string of the molecule is CN(C)CCCNc1cc(-c2ccc(N3CCNCC3)cc2)nc2ccc(F)cc12. The molecule has 1 aromatic heterocycles. The van der Waals surface area contributed by atoms with Crippen LogP contribution >= 0.6 is 0 Å². The maximum Gasteiger partial charge on any atom is 0.124 e. The zero-order chi connectivity index (χ0) is 20.9. The third kappa shape index (κ3) is 4.89. The molecule has 2 heterocycles. The molecule has 0 bridgehead atoms. The van der Waals surface area contributed by atoms with E-state index in [1.165, 1.54) is 11.8 Å². The van der Waals surface area contributed by atoms with Crippen LogP contribution in [0.25, 0.3) is 22.2 Å². The van der Waals surface area contributed by atoms with Crippen LogP contribution in [0.3, 0.4) is 0 Å². The monoisotopic (exact) mass is 407 g/mol. The summed E-state index contributed by atoms with van der Waals surface area (Å²) in [4.78, 5) is 9.37. The largest absolute Gasteiger partial charge is 0.384 e. The Morgan fingerprint density at radius 3 is 2.57 bits per heavy atom. The lowest BCUT2D eigenvalue weighted by molar-refractivity contribution is 0.405. The van der Waals surface area contributed by atoms with E-state index in [0.29, 0.717) is 0 Å². The summed E-state index contributed by atoms with van der Waals surface area (Å²) in [5, 5.41) is 7.70. The van der Waals surface area contributed by atoms with Crippen LogP contribution < -0.4 is 15.5 Å². The minimum atomic E-state index is -0.242. The van der Waals surface area contributed by atoms with Gasteiger partial charge < -0.3 is 20.4 Å². The van der Waals surface area contributed by atoms with Gasteiger partial charge in [-0.25, -0.2) is 9.37 Å². The second-order valence-corrected chi connectivity index (χ2v) is 8.08. The molecule has 1 aliphatic rings. The fraction of sp³-hybridized carbons (Fsp3) is 0.375. The number of rotatable bonds is 7. The Hall–Kier alpha value is -2.70. The number of anilines is 2. The van der Waals surface area contributed by atoms with E-state index in [-0.39, 0.29) is 5.82 Å². The highest BCUT2D eigenvalue weighted by molar-refractivity contribution is 5.93. The maximum absolute atomic E-state index is 13.9. The van der Waals surface area contributed by atoms with Gasteiger partial charge in [-0.3, -0.25) is 0 Å². The third-order valence-electron chi connectivity index (χ3n) is 5.51. The Morgan fingerprint density at radius 1 is 1.07 bits per heavy atom. The summed E-state index contributed by atoms with van der Waals surface area (Å²) in [6.07, 6.45) is 1.01. The molecule has 1 fully saturated rings. The van der Waals surface area contributed by atoms with E-state index in [2.05, 4.69) is 58.8 Å². The predicted octanol–water partition coefficient (Wildman–Crippen LogP) is 3.81. The van der Waals surface area contributed by atoms with Gasteiger partial charge in [0.1, 0.15) is 5.82 Å². The van der Waals surface area contributed by atoms with Gasteiger partial charge in [-0.1, -0.05) is 12.1 Å². The number of halogens is 1. The first-order valence-electron chi connectivity index (χ1n) is 10.7. The Labute approximate surface area is 177 Å². The number of nitrogens with one attached hydrogen (secondary N) is 2. The summed E-state index contributed by atoms with van der Waals surface area (Å²) < 4.78 is 13.9. The Bertz CT molecular complexity index is 981. The molecule has 6 heteroatoms. The van der Waals surface area contributed by atoms with E-state index >= 15 is 0 Å². The van der Waals surface area contributed by atoms with E-state index in [9.17, 15) is 4.39 Å². The molecule has 5 nitrogen and oxygen atoms in total. The van der Waals surface area contributed by atoms with E-state index in [1.807, 2.05) is 6.07 Å². The van der Waals surface area contributed by atoms with Gasteiger partial charge >= 0.3 is 0 Å². The van der Waals surface area contributed by atoms with Gasteiger partial charge in [0.05, 0.1) is 11.2 Å². The number of nitrogens with zero attached hydrogens (tertiary/aromatic N) is 3. The number of aromatic nitrogens is 1. The molecule has 1 saturated heterocycles. The molecule has 0 amide bonds. The topological polar surface area (TPSA) is 43.4 Å². The zero-order valence-corrected chi connectivity index (χ0v) is 17.8. The Balaban J connectivity index is 1.60. The first kappa shape index (κ1) is 20.6. The van der Waals surface area contributed by atoms with Gasteiger partial charge in [-0.2, -0.15) is 0 Å². The minimum absolute atomic E-state index is 0.242. The van der Waals surface area contributed by atoms with Gasteiger partial charge in [0.25, 0.3) is 0 Å². The predicted molar refractivity (Wildman–Crippen MR) is 124 cm³/mol. The van der Waals surface area contributed by atoms with Crippen LogP contribution in [0.2, 0.25) is 0 Å². The molecule has 4 rings (SSSR count). The van der Waals surface area contributed by atoms with Crippen LogP contribution in [0, 0.1) is 5.82 Å². The van der Waals surface area contributed by atoms with Crippen molar-refractivity contribution in [2.75, 3.05) is 63.6 Å². The van der Waals surface area contributed by atoms with Crippen molar-refractivity contribution in [1.29, 1.82) is 0 Å². The molecule has 1 aliphatic heterocycles. The Morgan fingerprint density at radius 2 is 1.83 bits per heavy atom. The molecule has 0 unspecified atom stereocenters. The number of piperazine rings is 1. The second kappa shape index (κ2) is 9.41. The van der Waals surface area contributed by atoms with Crippen molar-refractivity contribution in [3.8, 4) is 11.3 Å². The molecule has 2 N–H and O–H groups in total. The number of benzene rings is 2. The second-order valence-electron chi connectivity index (χ2n) is 8.08. The molecular formula is C24H30FN5. The number of fused-ring (bicyclic) bond motifs is 1. The van der Waals surface area contributed by atoms with E-state index < -0.39 is 0 Å². The van der Waals surface area contributed by atoms with E-state index in [0.717, 1.165) is 73.5 Å². The molecule has 2 aromatic carbocycles. The molecule has 30 heavy (non-hydrogen) atoms. The lowest BCUT2D eigenvalue weighted by Crippen LogP contribution is -2.43. The highest BCUT2D eigenvalue weighted by atomic mass is 19.1. The van der Waals surface area contributed by atoms with Crippen LogP contribution in [0.5, 0.6) is 0 Å². The molecule has 0 spiro atoms. The average Bonchev–Trinajstić information content (AvgIpc) is 2.77. The summed E-state index contributed by atoms with van der Waals surface area (Å²) in [6, 6.07) is 15.4. The first-order valence-corrected chi connectivity index (χ1v) is 10.7. The quantitative estimate of drug-likeness (QED) is 0.583. The fourth-order valence-electron chi connectivity index (χ4n) is 3.88. The van der Waals surface area contributed by atoms with Gasteiger partial charge in [-0.05, 0) is 63.5 Å². The summed E-state index contributed by atoms with van der Waals surface area (Å²) in [5.74, 6) is -0.242. The van der Waals surface area contributed by atoms with Gasteiger partial charge in [0.15, 0.2) is 0 Å². The smallest absolute Gasteiger partial charge is 0.124 e. The van der Waals surface area contributed by atoms with Crippen molar-refractivity contribution in [3.05, 3.63) is 54.3 Å². The highest BCUT2D eigenvalue weighted by Gasteiger charge is 2.12. The minimum Gasteiger partial charge on any atom is -0.384 e. The Kier molecular flexibility index (Phi) is 6.45. The molecule has 0 aliphatic carbocycles. The number of hydrogen-bond acceptors (Lipinski definition) is 5. The first-order chi connectivity index (χ1) is 14.6. The van der Waals surface area contributed by atoms with E-state index in [4.69, 9.17) is 4.98 Å². The lowest BCUT2D eigenvalue weighted by Gasteiger charge is -2.29. The average molecular weight is 408 g/mol. The van der Waals surface area contributed by atoms with Crippen molar-refractivity contribution in [2.24, 2.45) is 0 Å². The molecular weight excluding hydrogens is 377 g/mol. The van der Waals surface area contributed by atoms with Crippen molar-refractivity contribution in [1.82, 2.24) is 15.2 Å². The lowest BCUT2D eigenvalue weighted by atomic mass is 10.1. The summed E-state index contributed by atoms with van der Waals surface area (Å²) in [6.45, 7) is 5.93. The molecule has 0 radical (unpaired) electrons. The zero-order valence-electron chi connectivity index (χ0n) is 17.8. The molecule has 3 aromatic rings. The summed E-state index contributed by atoms with van der Waals surface area (Å²) in [7, 11) is 4.14. The highest BCUT2D eigenvalue weighted by Crippen LogP contribution is 2.30. The van der Waals surface area contributed by atoms with E-state index in [1.54, 1.807) is 12.1 Å². The van der Waals surface area contributed by atoms with Crippen molar-refractivity contribution < 1.29 is 4.39 Å². The summed E-state index contributed by atoms with van der Waals surface area (Å²) >= 11 is 0. The molecule has 0 atom stereocenters.